The molecule has 0 unspecified atom stereocenters. The van der Waals surface area contributed by atoms with Crippen LogP contribution in [0.4, 0.5) is 0 Å². The zero-order valence-corrected chi connectivity index (χ0v) is 15.3. The van der Waals surface area contributed by atoms with Crippen molar-refractivity contribution in [3.8, 4) is 0 Å². The molecule has 0 atom stereocenters. The van der Waals surface area contributed by atoms with Gasteiger partial charge in [-0.2, -0.15) is 0 Å². The lowest BCUT2D eigenvalue weighted by atomic mass is 9.70. The first kappa shape index (κ1) is 16.7. The van der Waals surface area contributed by atoms with Gasteiger partial charge < -0.3 is 9.30 Å². The molecule has 3 rings (SSSR count). The van der Waals surface area contributed by atoms with Gasteiger partial charge in [-0.05, 0) is 62.9 Å². The Kier molecular flexibility index (Phi) is 4.24. The molecule has 1 heterocycles. The molecule has 0 saturated heterocycles. The molecule has 0 aliphatic heterocycles. The molecule has 0 N–H and O–H groups in total. The normalized spacial score (nSPS) is 17.0. The van der Waals surface area contributed by atoms with Crippen molar-refractivity contribution in [2.75, 3.05) is 6.61 Å². The molecule has 1 aliphatic rings. The summed E-state index contributed by atoms with van der Waals surface area (Å²) in [6.07, 6.45) is 5.60. The topological polar surface area (TPSA) is 44.1 Å². The summed E-state index contributed by atoms with van der Waals surface area (Å²) in [7, 11) is 2.09. The minimum absolute atomic E-state index is 0.207. The fourth-order valence-corrected chi connectivity index (χ4v) is 3.52. The summed E-state index contributed by atoms with van der Waals surface area (Å²) in [5, 5.41) is 0. The average molecular weight is 326 g/mol. The number of esters is 1. The minimum Gasteiger partial charge on any atom is -0.463 e. The van der Waals surface area contributed by atoms with Gasteiger partial charge in [0.1, 0.15) is 5.82 Å². The van der Waals surface area contributed by atoms with E-state index in [9.17, 15) is 4.79 Å². The molecule has 1 aromatic carbocycles. The lowest BCUT2D eigenvalue weighted by Crippen LogP contribution is -2.33. The molecular weight excluding hydrogens is 300 g/mol. The van der Waals surface area contributed by atoms with Gasteiger partial charge in [0.05, 0.1) is 17.6 Å². The van der Waals surface area contributed by atoms with E-state index in [1.165, 1.54) is 25.1 Å². The van der Waals surface area contributed by atoms with E-state index in [1.54, 1.807) is 6.92 Å². The van der Waals surface area contributed by atoms with Gasteiger partial charge in [-0.1, -0.05) is 13.3 Å². The zero-order valence-electron chi connectivity index (χ0n) is 15.3. The van der Waals surface area contributed by atoms with Crippen LogP contribution in [0.1, 0.15) is 57.0 Å². The summed E-state index contributed by atoms with van der Waals surface area (Å²) in [5.41, 5.74) is 5.14. The molecule has 128 valence electrons. The standard InChI is InChI=1S/C20H26N2O2/c1-6-24-18(23)14(3)10-15-12-17-16(11-13(15)2)21-19(22(17)5)20(4)8-7-9-20/h10-12H,6-9H2,1-5H3/b14-10+. The van der Waals surface area contributed by atoms with Crippen LogP contribution in [0.3, 0.4) is 0 Å². The molecule has 0 spiro atoms. The Bertz CT molecular complexity index is 826. The van der Waals surface area contributed by atoms with Crippen molar-refractivity contribution in [2.45, 2.75) is 52.4 Å². The number of imidazole rings is 1. The predicted molar refractivity (Wildman–Crippen MR) is 96.9 cm³/mol. The highest BCUT2D eigenvalue weighted by molar-refractivity contribution is 5.94. The van der Waals surface area contributed by atoms with E-state index in [0.29, 0.717) is 12.2 Å². The van der Waals surface area contributed by atoms with Crippen LogP contribution in [0.5, 0.6) is 0 Å². The van der Waals surface area contributed by atoms with Crippen LogP contribution >= 0.6 is 0 Å². The van der Waals surface area contributed by atoms with Crippen molar-refractivity contribution in [3.05, 3.63) is 34.7 Å². The molecule has 2 aromatic rings. The van der Waals surface area contributed by atoms with Crippen molar-refractivity contribution in [1.29, 1.82) is 0 Å². The van der Waals surface area contributed by atoms with Crippen LogP contribution in [0.25, 0.3) is 17.1 Å². The third kappa shape index (κ3) is 2.74. The second kappa shape index (κ2) is 6.08. The maximum Gasteiger partial charge on any atom is 0.333 e. The first-order valence-corrected chi connectivity index (χ1v) is 8.68. The molecule has 1 aliphatic carbocycles. The van der Waals surface area contributed by atoms with Crippen LogP contribution < -0.4 is 0 Å². The number of fused-ring (bicyclic) bond motifs is 1. The van der Waals surface area contributed by atoms with Gasteiger partial charge in [-0.15, -0.1) is 0 Å². The van der Waals surface area contributed by atoms with E-state index in [4.69, 9.17) is 9.72 Å². The summed E-state index contributed by atoms with van der Waals surface area (Å²) in [5.74, 6) is 0.913. The van der Waals surface area contributed by atoms with Gasteiger partial charge in [0, 0.05) is 18.0 Å². The molecule has 1 aromatic heterocycles. The number of ether oxygens (including phenoxy) is 1. The lowest BCUT2D eigenvalue weighted by Gasteiger charge is -2.37. The quantitative estimate of drug-likeness (QED) is 0.622. The number of hydrogen-bond donors (Lipinski definition) is 0. The van der Waals surface area contributed by atoms with Crippen molar-refractivity contribution in [3.63, 3.8) is 0 Å². The SMILES string of the molecule is CCOC(=O)/C(C)=C/c1cc2c(cc1C)nc(C1(C)CCC1)n2C. The maximum absolute atomic E-state index is 11.9. The largest absolute Gasteiger partial charge is 0.463 e. The molecule has 4 nitrogen and oxygen atoms in total. The van der Waals surface area contributed by atoms with Crippen LogP contribution in [0, 0.1) is 6.92 Å². The Morgan fingerprint density at radius 3 is 2.71 bits per heavy atom. The lowest BCUT2D eigenvalue weighted by molar-refractivity contribution is -0.138. The van der Waals surface area contributed by atoms with Gasteiger partial charge in [0.2, 0.25) is 0 Å². The van der Waals surface area contributed by atoms with Crippen LogP contribution in [-0.4, -0.2) is 22.1 Å². The molecule has 0 amide bonds. The van der Waals surface area contributed by atoms with Crippen molar-refractivity contribution >= 4 is 23.1 Å². The smallest absolute Gasteiger partial charge is 0.333 e. The van der Waals surface area contributed by atoms with E-state index in [2.05, 4.69) is 37.6 Å². The number of carbonyl (C=O) groups is 1. The van der Waals surface area contributed by atoms with E-state index in [0.717, 1.165) is 22.2 Å². The van der Waals surface area contributed by atoms with Crippen molar-refractivity contribution in [2.24, 2.45) is 7.05 Å². The maximum atomic E-state index is 11.9. The van der Waals surface area contributed by atoms with E-state index >= 15 is 0 Å². The van der Waals surface area contributed by atoms with Crippen LogP contribution in [0.2, 0.25) is 0 Å². The Morgan fingerprint density at radius 1 is 1.42 bits per heavy atom. The zero-order chi connectivity index (χ0) is 17.5. The number of nitrogens with zero attached hydrogens (tertiary/aromatic N) is 2. The van der Waals surface area contributed by atoms with E-state index in [1.807, 2.05) is 13.0 Å². The second-order valence-corrected chi connectivity index (χ2v) is 7.15. The van der Waals surface area contributed by atoms with E-state index in [-0.39, 0.29) is 11.4 Å². The van der Waals surface area contributed by atoms with Crippen LogP contribution in [0.15, 0.2) is 17.7 Å². The molecule has 0 radical (unpaired) electrons. The van der Waals surface area contributed by atoms with Crippen molar-refractivity contribution < 1.29 is 9.53 Å². The van der Waals surface area contributed by atoms with E-state index < -0.39 is 0 Å². The third-order valence-corrected chi connectivity index (χ3v) is 5.23. The first-order valence-electron chi connectivity index (χ1n) is 8.68. The second-order valence-electron chi connectivity index (χ2n) is 7.15. The highest BCUT2D eigenvalue weighted by Gasteiger charge is 2.37. The third-order valence-electron chi connectivity index (χ3n) is 5.23. The fourth-order valence-electron chi connectivity index (χ4n) is 3.52. The Morgan fingerprint density at radius 2 is 2.12 bits per heavy atom. The van der Waals surface area contributed by atoms with Gasteiger partial charge in [-0.25, -0.2) is 9.78 Å². The summed E-state index contributed by atoms with van der Waals surface area (Å²) in [6, 6.07) is 4.25. The Labute approximate surface area is 143 Å². The number of hydrogen-bond acceptors (Lipinski definition) is 3. The number of aromatic nitrogens is 2. The van der Waals surface area contributed by atoms with Crippen molar-refractivity contribution in [1.82, 2.24) is 9.55 Å². The molecule has 1 saturated carbocycles. The average Bonchev–Trinajstić information content (AvgIpc) is 2.82. The molecule has 24 heavy (non-hydrogen) atoms. The minimum atomic E-state index is -0.260. The summed E-state index contributed by atoms with van der Waals surface area (Å²) in [4.78, 5) is 16.8. The van der Waals surface area contributed by atoms with Gasteiger partial charge in [0.25, 0.3) is 0 Å². The number of carbonyl (C=O) groups excluding carboxylic acids is 1. The van der Waals surface area contributed by atoms with Crippen LogP contribution in [-0.2, 0) is 22.0 Å². The Hall–Kier alpha value is -2.10. The Balaban J connectivity index is 2.05. The molecule has 0 bridgehead atoms. The molecule has 1 fully saturated rings. The number of benzene rings is 1. The number of aryl methyl sites for hydroxylation is 2. The highest BCUT2D eigenvalue weighted by Crippen LogP contribution is 2.43. The molecule has 4 heteroatoms. The number of rotatable bonds is 4. The summed E-state index contributed by atoms with van der Waals surface area (Å²) >= 11 is 0. The fraction of sp³-hybridized carbons (Fsp3) is 0.500. The van der Waals surface area contributed by atoms with Gasteiger partial charge in [-0.3, -0.25) is 0 Å². The highest BCUT2D eigenvalue weighted by atomic mass is 16.5. The first-order chi connectivity index (χ1) is 11.4. The van der Waals surface area contributed by atoms with Gasteiger partial charge >= 0.3 is 5.97 Å². The summed E-state index contributed by atoms with van der Waals surface area (Å²) in [6.45, 7) is 8.37. The predicted octanol–water partition coefficient (Wildman–Crippen LogP) is 4.29. The van der Waals surface area contributed by atoms with Gasteiger partial charge in [0.15, 0.2) is 0 Å². The summed E-state index contributed by atoms with van der Waals surface area (Å²) < 4.78 is 7.29. The molecular formula is C20H26N2O2. The monoisotopic (exact) mass is 326 g/mol.